The van der Waals surface area contributed by atoms with Crippen LogP contribution in [-0.2, 0) is 12.8 Å². The lowest BCUT2D eigenvalue weighted by Crippen LogP contribution is -1.82. The highest BCUT2D eigenvalue weighted by Crippen LogP contribution is 2.28. The minimum atomic E-state index is 0.817. The fraction of sp³-hybridized carbons (Fsp3) is 0.143. The highest BCUT2D eigenvalue weighted by atomic mass is 79.9. The van der Waals surface area contributed by atoms with E-state index in [0.717, 1.165) is 33.3 Å². The van der Waals surface area contributed by atoms with E-state index in [1.807, 2.05) is 12.1 Å². The number of hydrogen-bond acceptors (Lipinski definition) is 3. The standard InChI is InChI=1S/C14H10Br2O2S/c15-11-3-5-17-13(11)7-9-1-2-10(19-9)8-14-12(16)4-6-18-14/h1-6H,7-8H2. The van der Waals surface area contributed by atoms with Gasteiger partial charge in [0.25, 0.3) is 0 Å². The summed E-state index contributed by atoms with van der Waals surface area (Å²) >= 11 is 8.74. The predicted molar refractivity (Wildman–Crippen MR) is 82.7 cm³/mol. The van der Waals surface area contributed by atoms with Crippen LogP contribution in [0, 0.1) is 0 Å². The Kier molecular flexibility index (Phi) is 3.96. The molecule has 0 saturated carbocycles. The molecule has 2 nitrogen and oxygen atoms in total. The van der Waals surface area contributed by atoms with Gasteiger partial charge in [-0.1, -0.05) is 0 Å². The second-order valence-electron chi connectivity index (χ2n) is 4.11. The van der Waals surface area contributed by atoms with Gasteiger partial charge in [-0.3, -0.25) is 0 Å². The first-order valence-corrected chi connectivity index (χ1v) is 8.14. The molecule has 0 N–H and O–H groups in total. The summed E-state index contributed by atoms with van der Waals surface area (Å²) in [5.41, 5.74) is 0. The molecule has 3 rings (SSSR count). The summed E-state index contributed by atoms with van der Waals surface area (Å²) < 4.78 is 12.9. The zero-order chi connectivity index (χ0) is 13.2. The van der Waals surface area contributed by atoms with Crippen molar-refractivity contribution in [3.8, 4) is 0 Å². The minimum Gasteiger partial charge on any atom is -0.468 e. The van der Waals surface area contributed by atoms with Crippen LogP contribution in [0.1, 0.15) is 21.3 Å². The number of thiophene rings is 1. The van der Waals surface area contributed by atoms with Crippen molar-refractivity contribution in [3.05, 3.63) is 67.0 Å². The van der Waals surface area contributed by atoms with E-state index in [0.29, 0.717) is 0 Å². The predicted octanol–water partition coefficient (Wildman–Crippen LogP) is 5.64. The summed E-state index contributed by atoms with van der Waals surface area (Å²) in [6.07, 6.45) is 5.04. The Morgan fingerprint density at radius 2 is 1.26 bits per heavy atom. The lowest BCUT2D eigenvalue weighted by Gasteiger charge is -1.96. The SMILES string of the molecule is Brc1ccoc1Cc1ccc(Cc2occc2Br)s1. The molecule has 3 aromatic rings. The summed E-state index contributed by atoms with van der Waals surface area (Å²) in [4.78, 5) is 2.57. The maximum atomic E-state index is 5.44. The van der Waals surface area contributed by atoms with Crippen molar-refractivity contribution >= 4 is 43.2 Å². The van der Waals surface area contributed by atoms with Crippen molar-refractivity contribution < 1.29 is 8.83 Å². The molecule has 0 unspecified atom stereocenters. The molecule has 0 radical (unpaired) electrons. The minimum absolute atomic E-state index is 0.817. The number of hydrogen-bond donors (Lipinski definition) is 0. The molecule has 19 heavy (non-hydrogen) atoms. The Bertz CT molecular complexity index is 624. The molecule has 0 bridgehead atoms. The summed E-state index contributed by atoms with van der Waals surface area (Å²) in [5.74, 6) is 1.93. The molecule has 5 heteroatoms. The van der Waals surface area contributed by atoms with Crippen molar-refractivity contribution in [2.24, 2.45) is 0 Å². The molecule has 0 spiro atoms. The van der Waals surface area contributed by atoms with E-state index in [9.17, 15) is 0 Å². The quantitative estimate of drug-likeness (QED) is 0.565. The van der Waals surface area contributed by atoms with Crippen molar-refractivity contribution in [1.29, 1.82) is 0 Å². The van der Waals surface area contributed by atoms with E-state index in [2.05, 4.69) is 44.0 Å². The average Bonchev–Trinajstić information content (AvgIpc) is 3.07. The third-order valence-electron chi connectivity index (χ3n) is 2.77. The maximum absolute atomic E-state index is 5.44. The summed E-state index contributed by atoms with van der Waals surface area (Å²) in [7, 11) is 0. The van der Waals surface area contributed by atoms with Crippen molar-refractivity contribution in [2.75, 3.05) is 0 Å². The van der Waals surface area contributed by atoms with Crippen LogP contribution >= 0.6 is 43.2 Å². The van der Waals surface area contributed by atoms with Gasteiger partial charge in [-0.25, -0.2) is 0 Å². The van der Waals surface area contributed by atoms with E-state index in [1.54, 1.807) is 23.9 Å². The van der Waals surface area contributed by atoms with Crippen LogP contribution in [0.5, 0.6) is 0 Å². The number of rotatable bonds is 4. The lowest BCUT2D eigenvalue weighted by molar-refractivity contribution is 0.520. The van der Waals surface area contributed by atoms with Crippen molar-refractivity contribution in [3.63, 3.8) is 0 Å². The van der Waals surface area contributed by atoms with Gasteiger partial charge in [0.1, 0.15) is 11.5 Å². The molecule has 0 aliphatic carbocycles. The normalized spacial score (nSPS) is 11.1. The zero-order valence-corrected chi connectivity index (χ0v) is 13.8. The van der Waals surface area contributed by atoms with Gasteiger partial charge >= 0.3 is 0 Å². The molecule has 0 saturated heterocycles. The Morgan fingerprint density at radius 3 is 1.63 bits per heavy atom. The van der Waals surface area contributed by atoms with Crippen molar-refractivity contribution in [2.45, 2.75) is 12.8 Å². The van der Waals surface area contributed by atoms with Gasteiger partial charge < -0.3 is 8.83 Å². The topological polar surface area (TPSA) is 26.3 Å². The second-order valence-corrected chi connectivity index (χ2v) is 7.07. The van der Waals surface area contributed by atoms with Gasteiger partial charge in [-0.05, 0) is 56.1 Å². The molecule has 98 valence electrons. The summed E-state index contributed by atoms with van der Waals surface area (Å²) in [6.45, 7) is 0. The number of halogens is 2. The largest absolute Gasteiger partial charge is 0.468 e. The van der Waals surface area contributed by atoms with E-state index >= 15 is 0 Å². The molecule has 3 heterocycles. The molecule has 0 atom stereocenters. The molecular formula is C14H10Br2O2S. The van der Waals surface area contributed by atoms with Crippen LogP contribution in [0.3, 0.4) is 0 Å². The van der Waals surface area contributed by atoms with Crippen LogP contribution in [0.15, 0.2) is 54.6 Å². The Labute approximate surface area is 131 Å². The summed E-state index contributed by atoms with van der Waals surface area (Å²) in [6, 6.07) is 8.13. The van der Waals surface area contributed by atoms with Gasteiger partial charge in [0.15, 0.2) is 0 Å². The van der Waals surface area contributed by atoms with Crippen LogP contribution < -0.4 is 0 Å². The maximum Gasteiger partial charge on any atom is 0.123 e. The monoisotopic (exact) mass is 400 g/mol. The molecule has 3 aromatic heterocycles. The van der Waals surface area contributed by atoms with Crippen LogP contribution in [0.25, 0.3) is 0 Å². The average molecular weight is 402 g/mol. The Morgan fingerprint density at radius 1 is 0.789 bits per heavy atom. The van der Waals surface area contributed by atoms with Crippen LogP contribution in [0.4, 0.5) is 0 Å². The first-order chi connectivity index (χ1) is 9.22. The third-order valence-corrected chi connectivity index (χ3v) is 5.27. The van der Waals surface area contributed by atoms with Gasteiger partial charge in [0, 0.05) is 22.6 Å². The molecule has 0 aliphatic heterocycles. The second kappa shape index (κ2) is 5.69. The lowest BCUT2D eigenvalue weighted by atomic mass is 10.2. The van der Waals surface area contributed by atoms with Gasteiger partial charge in [0.2, 0.25) is 0 Å². The van der Waals surface area contributed by atoms with Gasteiger partial charge in [-0.15, -0.1) is 11.3 Å². The fourth-order valence-electron chi connectivity index (χ4n) is 1.83. The van der Waals surface area contributed by atoms with Crippen molar-refractivity contribution in [1.82, 2.24) is 0 Å². The molecule has 0 aromatic carbocycles. The Hall–Kier alpha value is -0.780. The van der Waals surface area contributed by atoms with E-state index in [1.165, 1.54) is 9.75 Å². The van der Waals surface area contributed by atoms with E-state index in [-0.39, 0.29) is 0 Å². The van der Waals surface area contributed by atoms with E-state index in [4.69, 9.17) is 8.83 Å². The number of furan rings is 2. The molecular weight excluding hydrogens is 392 g/mol. The molecule has 0 aliphatic rings. The van der Waals surface area contributed by atoms with Gasteiger partial charge in [-0.2, -0.15) is 0 Å². The smallest absolute Gasteiger partial charge is 0.123 e. The first-order valence-electron chi connectivity index (χ1n) is 5.73. The highest BCUT2D eigenvalue weighted by molar-refractivity contribution is 9.10. The third kappa shape index (κ3) is 3.04. The summed E-state index contributed by atoms with van der Waals surface area (Å²) in [5, 5.41) is 0. The van der Waals surface area contributed by atoms with Gasteiger partial charge in [0.05, 0.1) is 21.5 Å². The van der Waals surface area contributed by atoms with E-state index < -0.39 is 0 Å². The zero-order valence-electron chi connectivity index (χ0n) is 9.86. The highest BCUT2D eigenvalue weighted by Gasteiger charge is 2.10. The fourth-order valence-corrected chi connectivity index (χ4v) is 3.53. The Balaban J connectivity index is 1.73. The molecule has 0 amide bonds. The van der Waals surface area contributed by atoms with Crippen LogP contribution in [-0.4, -0.2) is 0 Å². The first kappa shape index (κ1) is 13.2. The van der Waals surface area contributed by atoms with Crippen LogP contribution in [0.2, 0.25) is 0 Å². The molecule has 0 fully saturated rings.